The van der Waals surface area contributed by atoms with Gasteiger partial charge in [0.05, 0.1) is 0 Å². The summed E-state index contributed by atoms with van der Waals surface area (Å²) in [5.41, 5.74) is 0. The maximum absolute atomic E-state index is 8.56. The van der Waals surface area contributed by atoms with Crippen LogP contribution in [0.5, 0.6) is 0 Å². The van der Waals surface area contributed by atoms with E-state index in [-0.39, 0.29) is 35.7 Å². The van der Waals surface area contributed by atoms with Crippen LogP contribution in [0.15, 0.2) is 0 Å². The summed E-state index contributed by atoms with van der Waals surface area (Å²) < 4.78 is 0. The summed E-state index contributed by atoms with van der Waals surface area (Å²) in [7, 11) is 0. The summed E-state index contributed by atoms with van der Waals surface area (Å²) >= 11 is 0. The molecule has 0 aromatic carbocycles. The third-order valence-corrected chi connectivity index (χ3v) is 0. The molecular formula is C2H8NNaO6. The molecule has 0 aliphatic heterocycles. The van der Waals surface area contributed by atoms with Gasteiger partial charge in [0.2, 0.25) is 0 Å². The molecule has 0 saturated heterocycles. The summed E-state index contributed by atoms with van der Waals surface area (Å²) in [6.07, 6.45) is -3.67. The topological polar surface area (TPSA) is 150 Å². The molecule has 58 valence electrons. The molecule has 0 saturated carbocycles. The third-order valence-electron chi connectivity index (χ3n) is 0. The summed E-state index contributed by atoms with van der Waals surface area (Å²) in [5, 5.41) is 27.9. The summed E-state index contributed by atoms with van der Waals surface area (Å²) in [6.45, 7) is 0. The van der Waals surface area contributed by atoms with Gasteiger partial charge in [0.15, 0.2) is 0 Å². The van der Waals surface area contributed by atoms with Gasteiger partial charge in [-0.05, 0) is 0 Å². The van der Waals surface area contributed by atoms with Crippen LogP contribution < -0.4 is 6.15 Å². The second kappa shape index (κ2) is 15.8. The molecule has 0 fully saturated rings. The second-order valence-electron chi connectivity index (χ2n) is 0.565. The number of carboxylic acid groups (broad SMARTS) is 4. The number of hydrogen-bond donors (Lipinski definition) is 5. The molecule has 10 heavy (non-hydrogen) atoms. The van der Waals surface area contributed by atoms with Gasteiger partial charge in [-0.3, -0.25) is 0 Å². The van der Waals surface area contributed by atoms with E-state index in [0.29, 0.717) is 0 Å². The monoisotopic (exact) mass is 165 g/mol. The van der Waals surface area contributed by atoms with Crippen LogP contribution in [0.4, 0.5) is 9.59 Å². The van der Waals surface area contributed by atoms with Gasteiger partial charge < -0.3 is 26.6 Å². The van der Waals surface area contributed by atoms with Gasteiger partial charge in [-0.1, -0.05) is 0 Å². The number of rotatable bonds is 0. The van der Waals surface area contributed by atoms with Gasteiger partial charge in [0, 0.05) is 0 Å². The summed E-state index contributed by atoms with van der Waals surface area (Å²) in [6, 6.07) is 0. The van der Waals surface area contributed by atoms with E-state index in [9.17, 15) is 0 Å². The summed E-state index contributed by atoms with van der Waals surface area (Å²) in [5.74, 6) is 0. The molecule has 0 bridgehead atoms. The molecule has 7 nitrogen and oxygen atoms in total. The molecular weight excluding hydrogens is 157 g/mol. The van der Waals surface area contributed by atoms with Gasteiger partial charge in [0.1, 0.15) is 0 Å². The Morgan fingerprint density at radius 1 is 0.800 bits per heavy atom. The van der Waals surface area contributed by atoms with Crippen molar-refractivity contribution in [3.05, 3.63) is 0 Å². The normalized spacial score (nSPS) is 4.80. The average Bonchev–Trinajstić information content (AvgIpc) is 1.25. The van der Waals surface area contributed by atoms with Crippen molar-refractivity contribution in [2.24, 2.45) is 0 Å². The van der Waals surface area contributed by atoms with E-state index in [4.69, 9.17) is 30.0 Å². The van der Waals surface area contributed by atoms with Crippen LogP contribution in [0.25, 0.3) is 0 Å². The third kappa shape index (κ3) is 1270. The molecule has 0 radical (unpaired) electrons. The first-order valence-corrected chi connectivity index (χ1v) is 1.30. The standard InChI is InChI=1S/2CH2O3.H3N.Na.H/c2*2-1(3)4;;;/h2*(H2,2,3,4);1H3;;. The molecule has 0 atom stereocenters. The van der Waals surface area contributed by atoms with Crippen molar-refractivity contribution < 1.29 is 30.0 Å². The Morgan fingerprint density at radius 3 is 0.800 bits per heavy atom. The zero-order valence-electron chi connectivity index (χ0n) is 4.31. The molecule has 0 aliphatic carbocycles. The van der Waals surface area contributed by atoms with Crippen molar-refractivity contribution in [3.63, 3.8) is 0 Å². The molecule has 0 aliphatic rings. The summed E-state index contributed by atoms with van der Waals surface area (Å²) in [4.78, 5) is 17.1. The number of hydrogen-bond acceptors (Lipinski definition) is 3. The predicted molar refractivity (Wildman–Crippen MR) is 33.5 cm³/mol. The van der Waals surface area contributed by atoms with E-state index in [1.807, 2.05) is 0 Å². The Morgan fingerprint density at radius 2 is 0.800 bits per heavy atom. The molecule has 0 rings (SSSR count). The van der Waals surface area contributed by atoms with Gasteiger partial charge >= 0.3 is 41.9 Å². The van der Waals surface area contributed by atoms with Crippen molar-refractivity contribution in [3.8, 4) is 0 Å². The van der Waals surface area contributed by atoms with E-state index < -0.39 is 12.3 Å². The Hall–Kier alpha value is -0.500. The molecule has 0 aromatic heterocycles. The van der Waals surface area contributed by atoms with E-state index in [0.717, 1.165) is 0 Å². The van der Waals surface area contributed by atoms with Crippen LogP contribution in [0.2, 0.25) is 0 Å². The van der Waals surface area contributed by atoms with E-state index in [2.05, 4.69) is 0 Å². The van der Waals surface area contributed by atoms with Crippen molar-refractivity contribution in [2.75, 3.05) is 0 Å². The molecule has 0 aromatic rings. The van der Waals surface area contributed by atoms with Gasteiger partial charge in [-0.25, -0.2) is 9.59 Å². The van der Waals surface area contributed by atoms with Crippen molar-refractivity contribution in [1.29, 1.82) is 0 Å². The number of carbonyl (C=O) groups is 2. The molecule has 0 amide bonds. The first-order chi connectivity index (χ1) is 3.46. The molecule has 0 unspecified atom stereocenters. The molecule has 7 N–H and O–H groups in total. The Bertz CT molecular complexity index is 73.7. The van der Waals surface area contributed by atoms with Crippen LogP contribution in [0.3, 0.4) is 0 Å². The Balaban J connectivity index is -0.0000000300. The Kier molecular flexibility index (Phi) is 35.9. The fourth-order valence-corrected chi connectivity index (χ4v) is 0. The van der Waals surface area contributed by atoms with Crippen LogP contribution in [-0.4, -0.2) is 62.3 Å². The fourth-order valence-electron chi connectivity index (χ4n) is 0. The van der Waals surface area contributed by atoms with Crippen LogP contribution >= 0.6 is 0 Å². The predicted octanol–water partition coefficient (Wildman–Crippen LogP) is -0.0417. The van der Waals surface area contributed by atoms with Gasteiger partial charge in [0.25, 0.3) is 0 Å². The first-order valence-electron chi connectivity index (χ1n) is 1.30. The molecule has 0 heterocycles. The van der Waals surface area contributed by atoms with E-state index in [1.54, 1.807) is 0 Å². The van der Waals surface area contributed by atoms with E-state index >= 15 is 0 Å². The SMILES string of the molecule is N.O=C(O)O.O=C(O)O.[NaH]. The minimum atomic E-state index is -1.83. The quantitative estimate of drug-likeness (QED) is 0.316. The zero-order chi connectivity index (χ0) is 7.15. The van der Waals surface area contributed by atoms with Gasteiger partial charge in [-0.15, -0.1) is 0 Å². The minimum absolute atomic E-state index is 0. The Labute approximate surface area is 78.2 Å². The van der Waals surface area contributed by atoms with Crippen molar-refractivity contribution >= 4 is 41.9 Å². The molecule has 0 spiro atoms. The molecule has 8 heteroatoms. The van der Waals surface area contributed by atoms with Crippen LogP contribution in [0, 0.1) is 0 Å². The van der Waals surface area contributed by atoms with Crippen LogP contribution in [-0.2, 0) is 0 Å². The second-order valence-corrected chi connectivity index (χ2v) is 0.565. The van der Waals surface area contributed by atoms with Gasteiger partial charge in [-0.2, -0.15) is 0 Å². The maximum atomic E-state index is 8.56. The average molecular weight is 165 g/mol. The first kappa shape index (κ1) is 22.7. The van der Waals surface area contributed by atoms with Crippen molar-refractivity contribution in [1.82, 2.24) is 6.15 Å². The van der Waals surface area contributed by atoms with Crippen LogP contribution in [0.1, 0.15) is 0 Å². The zero-order valence-corrected chi connectivity index (χ0v) is 4.31. The van der Waals surface area contributed by atoms with Crippen molar-refractivity contribution in [2.45, 2.75) is 0 Å². The fraction of sp³-hybridized carbons (Fsp3) is 0. The van der Waals surface area contributed by atoms with E-state index in [1.165, 1.54) is 0 Å².